The molecule has 2 aromatic carbocycles. The van der Waals surface area contributed by atoms with Gasteiger partial charge in [-0.2, -0.15) is 13.2 Å². The van der Waals surface area contributed by atoms with Crippen LogP contribution in [-0.4, -0.2) is 51.2 Å². The van der Waals surface area contributed by atoms with E-state index in [2.05, 4.69) is 10.5 Å². The Balaban J connectivity index is 1.55. The lowest BCUT2D eigenvalue weighted by atomic mass is 9.83. The Bertz CT molecular complexity index is 1370. The van der Waals surface area contributed by atoms with E-state index in [9.17, 15) is 26.4 Å². The average molecular weight is 563 g/mol. The van der Waals surface area contributed by atoms with Gasteiger partial charge in [-0.3, -0.25) is 4.79 Å². The summed E-state index contributed by atoms with van der Waals surface area (Å²) >= 11 is 12.0. The fourth-order valence-corrected chi connectivity index (χ4v) is 6.04. The van der Waals surface area contributed by atoms with E-state index in [0.717, 1.165) is 6.26 Å². The molecule has 3 aliphatic rings. The topological polar surface area (TPSA) is 94.1 Å². The molecule has 0 bridgehead atoms. The fraction of sp³-hybridized carbons (Fsp3) is 0.391. The van der Waals surface area contributed by atoms with Crippen LogP contribution in [0.4, 0.5) is 13.2 Å². The number of hydrogen-bond donors (Lipinski definition) is 1. The van der Waals surface area contributed by atoms with E-state index >= 15 is 0 Å². The fourth-order valence-electron chi connectivity index (χ4n) is 4.83. The molecule has 1 N–H and O–H groups in total. The van der Waals surface area contributed by atoms with Gasteiger partial charge in [-0.1, -0.05) is 40.5 Å². The highest BCUT2D eigenvalue weighted by molar-refractivity contribution is 7.91. The number of hydrogen-bond acceptors (Lipinski definition) is 7. The third-order valence-electron chi connectivity index (χ3n) is 6.41. The summed E-state index contributed by atoms with van der Waals surface area (Å²) in [6.07, 6.45) is -6.56. The van der Waals surface area contributed by atoms with Gasteiger partial charge in [-0.25, -0.2) is 8.42 Å². The monoisotopic (exact) mass is 562 g/mol. The Morgan fingerprint density at radius 1 is 1.17 bits per heavy atom. The van der Waals surface area contributed by atoms with E-state index in [-0.39, 0.29) is 26.9 Å². The van der Waals surface area contributed by atoms with Gasteiger partial charge >= 0.3 is 6.18 Å². The summed E-state index contributed by atoms with van der Waals surface area (Å²) in [6, 6.07) is 8.53. The minimum absolute atomic E-state index is 0.0804. The molecule has 13 heteroatoms. The van der Waals surface area contributed by atoms with E-state index < -0.39 is 51.3 Å². The van der Waals surface area contributed by atoms with Gasteiger partial charge in [0.15, 0.2) is 21.7 Å². The molecular weight excluding hydrogens is 544 g/mol. The molecule has 192 valence electrons. The molecule has 0 amide bonds. The van der Waals surface area contributed by atoms with Crippen molar-refractivity contribution in [2.75, 3.05) is 25.1 Å². The van der Waals surface area contributed by atoms with Crippen molar-refractivity contribution in [3.63, 3.8) is 0 Å². The first-order valence-corrected chi connectivity index (χ1v) is 13.6. The number of carbonyl (C=O) groups is 1. The number of halogens is 5. The highest BCUT2D eigenvalue weighted by Gasteiger charge is 2.55. The maximum atomic E-state index is 14.3. The molecule has 0 radical (unpaired) electrons. The van der Waals surface area contributed by atoms with Crippen molar-refractivity contribution in [1.82, 2.24) is 5.32 Å². The third kappa shape index (κ3) is 4.51. The summed E-state index contributed by atoms with van der Waals surface area (Å²) in [6.45, 7) is 0.768. The smallest absolute Gasteiger partial charge is 0.386 e. The average Bonchev–Trinajstić information content (AvgIpc) is 3.31. The van der Waals surface area contributed by atoms with Gasteiger partial charge < -0.3 is 14.9 Å². The quantitative estimate of drug-likeness (QED) is 0.588. The highest BCUT2D eigenvalue weighted by atomic mass is 35.5. The van der Waals surface area contributed by atoms with Crippen molar-refractivity contribution in [1.29, 1.82) is 0 Å². The Labute approximate surface area is 214 Å². The Hall–Kier alpha value is -2.18. The molecule has 3 unspecified atom stereocenters. The van der Waals surface area contributed by atoms with Gasteiger partial charge in [0.05, 0.1) is 0 Å². The second-order valence-electron chi connectivity index (χ2n) is 9.16. The summed E-state index contributed by atoms with van der Waals surface area (Å²) in [5.74, 6) is -3.59. The zero-order chi connectivity index (χ0) is 26.0. The van der Waals surface area contributed by atoms with Crippen LogP contribution in [-0.2, 0) is 29.8 Å². The lowest BCUT2D eigenvalue weighted by Gasteiger charge is -2.39. The van der Waals surface area contributed by atoms with E-state index in [1.807, 2.05) is 0 Å². The van der Waals surface area contributed by atoms with E-state index in [0.29, 0.717) is 24.2 Å². The van der Waals surface area contributed by atoms with Crippen LogP contribution in [0.5, 0.6) is 0 Å². The number of rotatable bonds is 5. The van der Waals surface area contributed by atoms with Crippen molar-refractivity contribution < 1.29 is 36.0 Å². The van der Waals surface area contributed by atoms with Crippen LogP contribution in [0.3, 0.4) is 0 Å². The SMILES string of the molecule is CS(=O)(=O)CC(=O)C1OC2(CNC2)c2ccc(C3=NOC(c4cc(Cl)cc(Cl)c4)C3C(F)(F)F)cc21. The van der Waals surface area contributed by atoms with Crippen molar-refractivity contribution >= 4 is 44.5 Å². The lowest BCUT2D eigenvalue weighted by molar-refractivity contribution is -0.177. The lowest BCUT2D eigenvalue weighted by Crippen LogP contribution is -2.57. The predicted octanol–water partition coefficient (Wildman–Crippen LogP) is 4.13. The summed E-state index contributed by atoms with van der Waals surface area (Å²) in [4.78, 5) is 18.1. The van der Waals surface area contributed by atoms with Crippen molar-refractivity contribution in [2.24, 2.45) is 11.1 Å². The maximum Gasteiger partial charge on any atom is 0.401 e. The summed E-state index contributed by atoms with van der Waals surface area (Å²) in [5.41, 5.74) is -0.0917. The number of fused-ring (bicyclic) bond motifs is 2. The largest absolute Gasteiger partial charge is 0.401 e. The Morgan fingerprint density at radius 2 is 1.83 bits per heavy atom. The normalized spacial score (nSPS) is 24.7. The number of Topliss-reactive ketones (excluding diaryl/α,β-unsaturated/α-hetero) is 1. The van der Waals surface area contributed by atoms with Gasteiger partial charge in [0.25, 0.3) is 0 Å². The van der Waals surface area contributed by atoms with Crippen LogP contribution in [0.1, 0.15) is 34.5 Å². The first kappa shape index (κ1) is 25.5. The zero-order valence-corrected chi connectivity index (χ0v) is 20.9. The summed E-state index contributed by atoms with van der Waals surface area (Å²) < 4.78 is 72.4. The van der Waals surface area contributed by atoms with Crippen LogP contribution < -0.4 is 5.32 Å². The van der Waals surface area contributed by atoms with Crippen LogP contribution in [0.25, 0.3) is 0 Å². The van der Waals surface area contributed by atoms with Gasteiger partial charge in [-0.05, 0) is 41.0 Å². The molecule has 0 saturated carbocycles. The molecule has 36 heavy (non-hydrogen) atoms. The second-order valence-corrected chi connectivity index (χ2v) is 12.2. The van der Waals surface area contributed by atoms with Crippen LogP contribution in [0.2, 0.25) is 10.0 Å². The van der Waals surface area contributed by atoms with Gasteiger partial charge in [0.2, 0.25) is 0 Å². The molecule has 3 atom stereocenters. The van der Waals surface area contributed by atoms with Crippen molar-refractivity contribution in [3.05, 3.63) is 68.7 Å². The van der Waals surface area contributed by atoms with Gasteiger partial charge in [-0.15, -0.1) is 0 Å². The molecule has 0 aliphatic carbocycles. The third-order valence-corrected chi connectivity index (χ3v) is 7.66. The molecule has 3 heterocycles. The van der Waals surface area contributed by atoms with E-state index in [1.54, 1.807) is 6.07 Å². The Kier molecular flexibility index (Phi) is 6.15. The molecule has 1 saturated heterocycles. The number of alkyl halides is 3. The van der Waals surface area contributed by atoms with Crippen LogP contribution >= 0.6 is 23.2 Å². The number of nitrogens with one attached hydrogen (secondary N) is 1. The summed E-state index contributed by atoms with van der Waals surface area (Å²) in [5, 5.41) is 7.13. The standard InChI is InChI=1S/C23H19Cl2F3N2O5S/c1-36(32,33)8-17(31)21-15-6-11(2-3-16(15)22(34-21)9-29-10-22)19-18(23(26,27)28)20(35-30-19)12-4-13(24)7-14(25)5-12/h2-7,18,20-21,29H,8-10H2,1H3. The first-order chi connectivity index (χ1) is 16.8. The zero-order valence-electron chi connectivity index (χ0n) is 18.6. The number of benzene rings is 2. The van der Waals surface area contributed by atoms with E-state index in [4.69, 9.17) is 32.8 Å². The molecule has 0 aromatic heterocycles. The number of ether oxygens (including phenoxy) is 1. The highest BCUT2D eigenvalue weighted by Crippen LogP contribution is 2.49. The predicted molar refractivity (Wildman–Crippen MR) is 126 cm³/mol. The molecular formula is C23H19Cl2F3N2O5S. The van der Waals surface area contributed by atoms with Gasteiger partial charge in [0.1, 0.15) is 29.1 Å². The number of sulfone groups is 1. The van der Waals surface area contributed by atoms with Crippen LogP contribution in [0, 0.1) is 5.92 Å². The minimum atomic E-state index is -4.74. The van der Waals surface area contributed by atoms with Crippen molar-refractivity contribution in [3.8, 4) is 0 Å². The molecule has 1 spiro atoms. The van der Waals surface area contributed by atoms with Gasteiger partial charge in [0, 0.05) is 35.0 Å². The number of ketones is 1. The van der Waals surface area contributed by atoms with Crippen molar-refractivity contribution in [2.45, 2.75) is 24.0 Å². The first-order valence-electron chi connectivity index (χ1n) is 10.8. The Morgan fingerprint density at radius 3 is 2.39 bits per heavy atom. The minimum Gasteiger partial charge on any atom is -0.386 e. The number of oxime groups is 1. The molecule has 1 fully saturated rings. The number of nitrogens with zero attached hydrogens (tertiary/aromatic N) is 1. The molecule has 3 aliphatic heterocycles. The summed E-state index contributed by atoms with van der Waals surface area (Å²) in [7, 11) is -3.65. The number of carbonyl (C=O) groups excluding carboxylic acids is 1. The molecule has 2 aromatic rings. The van der Waals surface area contributed by atoms with Crippen LogP contribution in [0.15, 0.2) is 41.6 Å². The molecule has 5 rings (SSSR count). The second kappa shape index (κ2) is 8.70. The maximum absolute atomic E-state index is 14.3. The molecule has 7 nitrogen and oxygen atoms in total. The van der Waals surface area contributed by atoms with E-state index in [1.165, 1.54) is 30.3 Å².